The zero-order chi connectivity index (χ0) is 14.4. The highest BCUT2D eigenvalue weighted by atomic mass is 16.5. The second-order valence-electron chi connectivity index (χ2n) is 4.94. The lowest BCUT2D eigenvalue weighted by molar-refractivity contribution is 0.375. The van der Waals surface area contributed by atoms with E-state index in [4.69, 9.17) is 4.52 Å². The average molecular weight is 273 g/mol. The molecule has 0 aliphatic heterocycles. The van der Waals surface area contributed by atoms with Crippen molar-refractivity contribution in [3.8, 4) is 0 Å². The molecule has 20 heavy (non-hydrogen) atoms. The summed E-state index contributed by atoms with van der Waals surface area (Å²) >= 11 is 0. The number of anilines is 1. The van der Waals surface area contributed by atoms with Crippen molar-refractivity contribution < 1.29 is 4.52 Å². The monoisotopic (exact) mass is 273 g/mol. The zero-order valence-corrected chi connectivity index (χ0v) is 12.5. The van der Waals surface area contributed by atoms with Gasteiger partial charge in [-0.2, -0.15) is 0 Å². The van der Waals surface area contributed by atoms with Crippen molar-refractivity contribution >= 4 is 5.69 Å². The van der Waals surface area contributed by atoms with Crippen molar-refractivity contribution in [3.05, 3.63) is 47.3 Å². The Morgan fingerprint density at radius 3 is 2.60 bits per heavy atom. The summed E-state index contributed by atoms with van der Waals surface area (Å²) in [5.41, 5.74) is 3.50. The van der Waals surface area contributed by atoms with Crippen molar-refractivity contribution in [3.63, 3.8) is 0 Å². The highest BCUT2D eigenvalue weighted by Gasteiger charge is 2.08. The van der Waals surface area contributed by atoms with E-state index in [1.807, 2.05) is 6.07 Å². The third kappa shape index (κ3) is 3.84. The maximum absolute atomic E-state index is 5.37. The molecular formula is C16H23N3O. The molecule has 4 heteroatoms. The zero-order valence-electron chi connectivity index (χ0n) is 12.5. The Morgan fingerprint density at radius 1 is 1.20 bits per heavy atom. The van der Waals surface area contributed by atoms with Crippen LogP contribution in [0.3, 0.4) is 0 Å². The van der Waals surface area contributed by atoms with Gasteiger partial charge in [-0.05, 0) is 30.7 Å². The number of hydrogen-bond donors (Lipinski definition) is 1. The topological polar surface area (TPSA) is 41.3 Å². The van der Waals surface area contributed by atoms with E-state index in [0.29, 0.717) is 0 Å². The van der Waals surface area contributed by atoms with E-state index in [-0.39, 0.29) is 0 Å². The summed E-state index contributed by atoms with van der Waals surface area (Å²) in [4.78, 5) is 2.16. The number of aromatic nitrogens is 1. The fraction of sp³-hybridized carbons (Fsp3) is 0.438. The lowest BCUT2D eigenvalue weighted by Crippen LogP contribution is -2.15. The first-order valence-corrected chi connectivity index (χ1v) is 7.18. The van der Waals surface area contributed by atoms with Gasteiger partial charge in [0.05, 0.1) is 12.2 Å². The van der Waals surface area contributed by atoms with Gasteiger partial charge in [0.15, 0.2) is 5.76 Å². The standard InChI is InChI=1S/C16H23N3O/c1-4-13-6-8-15(9-7-13)19(3)12-16-10-14(18-20-16)11-17-5-2/h6-10,17H,4-5,11-12H2,1-3H3. The van der Waals surface area contributed by atoms with E-state index in [1.54, 1.807) is 0 Å². The molecule has 1 aromatic carbocycles. The molecule has 0 saturated carbocycles. The molecule has 4 nitrogen and oxygen atoms in total. The van der Waals surface area contributed by atoms with Gasteiger partial charge in [-0.15, -0.1) is 0 Å². The summed E-state index contributed by atoms with van der Waals surface area (Å²) in [6.45, 7) is 6.67. The van der Waals surface area contributed by atoms with Gasteiger partial charge in [0, 0.05) is 25.3 Å². The van der Waals surface area contributed by atoms with E-state index in [2.05, 4.69) is 60.5 Å². The van der Waals surface area contributed by atoms with E-state index in [0.717, 1.165) is 37.5 Å². The average Bonchev–Trinajstić information content (AvgIpc) is 2.92. The van der Waals surface area contributed by atoms with Crippen molar-refractivity contribution in [2.45, 2.75) is 33.4 Å². The number of hydrogen-bond acceptors (Lipinski definition) is 4. The molecule has 0 fully saturated rings. The third-order valence-corrected chi connectivity index (χ3v) is 3.34. The molecule has 108 valence electrons. The molecule has 0 saturated heterocycles. The Bertz CT molecular complexity index is 519. The van der Waals surface area contributed by atoms with Crippen LogP contribution in [0.2, 0.25) is 0 Å². The molecule has 1 N–H and O–H groups in total. The van der Waals surface area contributed by atoms with Crippen molar-refractivity contribution in [1.29, 1.82) is 0 Å². The van der Waals surface area contributed by atoms with Gasteiger partial charge in [0.2, 0.25) is 0 Å². The number of nitrogens with one attached hydrogen (secondary N) is 1. The maximum Gasteiger partial charge on any atom is 0.156 e. The minimum atomic E-state index is 0.727. The maximum atomic E-state index is 5.37. The minimum Gasteiger partial charge on any atom is -0.367 e. The minimum absolute atomic E-state index is 0.727. The van der Waals surface area contributed by atoms with Crippen molar-refractivity contribution in [1.82, 2.24) is 10.5 Å². The van der Waals surface area contributed by atoms with Crippen molar-refractivity contribution in [2.24, 2.45) is 0 Å². The number of nitrogens with zero attached hydrogens (tertiary/aromatic N) is 2. The van der Waals surface area contributed by atoms with Gasteiger partial charge in [-0.25, -0.2) is 0 Å². The van der Waals surface area contributed by atoms with Crippen LogP contribution >= 0.6 is 0 Å². The van der Waals surface area contributed by atoms with Crippen LogP contribution in [0.4, 0.5) is 5.69 Å². The first-order chi connectivity index (χ1) is 9.72. The molecule has 0 bridgehead atoms. The Morgan fingerprint density at radius 2 is 1.95 bits per heavy atom. The molecule has 0 aliphatic carbocycles. The normalized spacial score (nSPS) is 10.8. The predicted molar refractivity (Wildman–Crippen MR) is 81.8 cm³/mol. The summed E-state index contributed by atoms with van der Waals surface area (Å²) in [6.07, 6.45) is 1.07. The molecular weight excluding hydrogens is 250 g/mol. The van der Waals surface area contributed by atoms with Crippen molar-refractivity contribution in [2.75, 3.05) is 18.5 Å². The van der Waals surface area contributed by atoms with Gasteiger partial charge in [-0.3, -0.25) is 0 Å². The summed E-state index contributed by atoms with van der Waals surface area (Å²) in [5, 5.41) is 7.30. The van der Waals surface area contributed by atoms with Crippen LogP contribution in [0.1, 0.15) is 30.9 Å². The fourth-order valence-electron chi connectivity index (χ4n) is 2.08. The van der Waals surface area contributed by atoms with Crippen LogP contribution in [-0.4, -0.2) is 18.7 Å². The van der Waals surface area contributed by atoms with E-state index in [1.165, 1.54) is 11.3 Å². The Kier molecular flexibility index (Phi) is 5.18. The molecule has 0 spiro atoms. The lowest BCUT2D eigenvalue weighted by atomic mass is 10.1. The van der Waals surface area contributed by atoms with Gasteiger partial charge < -0.3 is 14.7 Å². The van der Waals surface area contributed by atoms with Crippen LogP contribution in [-0.2, 0) is 19.5 Å². The molecule has 2 aromatic rings. The summed E-state index contributed by atoms with van der Waals surface area (Å²) in [6, 6.07) is 10.6. The molecule has 0 radical (unpaired) electrons. The predicted octanol–water partition coefficient (Wildman–Crippen LogP) is 2.98. The molecule has 0 atom stereocenters. The molecule has 0 amide bonds. The summed E-state index contributed by atoms with van der Waals surface area (Å²) in [5.74, 6) is 0.889. The second kappa shape index (κ2) is 7.10. The van der Waals surface area contributed by atoms with E-state index >= 15 is 0 Å². The number of benzene rings is 1. The van der Waals surface area contributed by atoms with Crippen LogP contribution in [0, 0.1) is 0 Å². The van der Waals surface area contributed by atoms with E-state index in [9.17, 15) is 0 Å². The van der Waals surface area contributed by atoms with Crippen LogP contribution < -0.4 is 10.2 Å². The van der Waals surface area contributed by atoms with Crippen LogP contribution in [0.25, 0.3) is 0 Å². The molecule has 1 aromatic heterocycles. The first kappa shape index (κ1) is 14.6. The van der Waals surface area contributed by atoms with E-state index < -0.39 is 0 Å². The van der Waals surface area contributed by atoms with Crippen LogP contribution in [0.15, 0.2) is 34.9 Å². The third-order valence-electron chi connectivity index (χ3n) is 3.34. The SMILES string of the molecule is CCNCc1cc(CN(C)c2ccc(CC)cc2)on1. The van der Waals surface area contributed by atoms with Crippen LogP contribution in [0.5, 0.6) is 0 Å². The molecule has 0 aliphatic rings. The Labute approximate surface area is 120 Å². The van der Waals surface area contributed by atoms with Gasteiger partial charge >= 0.3 is 0 Å². The summed E-state index contributed by atoms with van der Waals surface area (Å²) < 4.78 is 5.37. The summed E-state index contributed by atoms with van der Waals surface area (Å²) in [7, 11) is 2.06. The second-order valence-corrected chi connectivity index (χ2v) is 4.94. The molecule has 2 rings (SSSR count). The smallest absolute Gasteiger partial charge is 0.156 e. The Hall–Kier alpha value is -1.81. The molecule has 1 heterocycles. The number of rotatable bonds is 7. The van der Waals surface area contributed by atoms with Gasteiger partial charge in [0.25, 0.3) is 0 Å². The fourth-order valence-corrected chi connectivity index (χ4v) is 2.08. The lowest BCUT2D eigenvalue weighted by Gasteiger charge is -2.17. The quantitative estimate of drug-likeness (QED) is 0.842. The van der Waals surface area contributed by atoms with Gasteiger partial charge in [0.1, 0.15) is 0 Å². The van der Waals surface area contributed by atoms with Gasteiger partial charge in [-0.1, -0.05) is 31.1 Å². The number of aryl methyl sites for hydroxylation is 1. The first-order valence-electron chi connectivity index (χ1n) is 7.18. The largest absolute Gasteiger partial charge is 0.367 e. The highest BCUT2D eigenvalue weighted by Crippen LogP contribution is 2.17. The Balaban J connectivity index is 1.95. The molecule has 0 unspecified atom stereocenters. The highest BCUT2D eigenvalue weighted by molar-refractivity contribution is 5.47.